The van der Waals surface area contributed by atoms with Gasteiger partial charge in [-0.15, -0.1) is 0 Å². The topological polar surface area (TPSA) is 66.9 Å². The summed E-state index contributed by atoms with van der Waals surface area (Å²) in [5.41, 5.74) is 5.46. The van der Waals surface area contributed by atoms with E-state index >= 15 is 0 Å². The van der Waals surface area contributed by atoms with Gasteiger partial charge in [0.1, 0.15) is 5.92 Å². The highest BCUT2D eigenvalue weighted by atomic mass is 16.1. The SMILES string of the molecule is CC(C)C(C1CCCCCCCCC1)C(C#N)C(N)=O. The average Bonchev–Trinajstić information content (AvgIpc) is 2.41. The fourth-order valence-electron chi connectivity index (χ4n) is 3.77. The van der Waals surface area contributed by atoms with Gasteiger partial charge in [0.2, 0.25) is 5.91 Å². The van der Waals surface area contributed by atoms with Crippen molar-refractivity contribution in [3.05, 3.63) is 0 Å². The molecule has 0 radical (unpaired) electrons. The second-order valence-corrected chi connectivity index (χ2v) is 6.64. The Kier molecular flexibility index (Phi) is 7.65. The fraction of sp³-hybridized carbons (Fsp3) is 0.882. The van der Waals surface area contributed by atoms with Crippen LogP contribution in [0.2, 0.25) is 0 Å². The predicted octanol–water partition coefficient (Wildman–Crippen LogP) is 4.02. The van der Waals surface area contributed by atoms with Crippen molar-refractivity contribution in [2.45, 2.75) is 71.6 Å². The average molecular weight is 278 g/mol. The largest absolute Gasteiger partial charge is 0.369 e. The summed E-state index contributed by atoms with van der Waals surface area (Å²) in [6.07, 6.45) is 11.3. The van der Waals surface area contributed by atoms with Gasteiger partial charge < -0.3 is 5.73 Å². The molecule has 2 N–H and O–H groups in total. The molecule has 1 rings (SSSR count). The molecule has 0 aromatic carbocycles. The van der Waals surface area contributed by atoms with Gasteiger partial charge in [-0.05, 0) is 17.8 Å². The minimum absolute atomic E-state index is 0.122. The number of amides is 1. The van der Waals surface area contributed by atoms with Gasteiger partial charge in [0.15, 0.2) is 0 Å². The molecule has 3 heteroatoms. The maximum Gasteiger partial charge on any atom is 0.235 e. The summed E-state index contributed by atoms with van der Waals surface area (Å²) in [4.78, 5) is 11.6. The van der Waals surface area contributed by atoms with Crippen molar-refractivity contribution in [2.75, 3.05) is 0 Å². The van der Waals surface area contributed by atoms with Crippen molar-refractivity contribution in [1.82, 2.24) is 0 Å². The third-order valence-corrected chi connectivity index (χ3v) is 4.79. The van der Waals surface area contributed by atoms with E-state index in [1.807, 2.05) is 0 Å². The molecule has 1 aliphatic rings. The van der Waals surface area contributed by atoms with Crippen LogP contribution < -0.4 is 5.73 Å². The molecular formula is C17H30N2O. The molecule has 1 aliphatic carbocycles. The van der Waals surface area contributed by atoms with Crippen LogP contribution in [0.4, 0.5) is 0 Å². The third kappa shape index (κ3) is 5.15. The Bertz CT molecular complexity index is 322. The van der Waals surface area contributed by atoms with Gasteiger partial charge in [-0.1, -0.05) is 71.6 Å². The highest BCUT2D eigenvalue weighted by Crippen LogP contribution is 2.36. The van der Waals surface area contributed by atoms with E-state index in [2.05, 4.69) is 19.9 Å². The number of nitriles is 1. The van der Waals surface area contributed by atoms with Crippen LogP contribution in [-0.4, -0.2) is 5.91 Å². The monoisotopic (exact) mass is 278 g/mol. The van der Waals surface area contributed by atoms with Gasteiger partial charge in [-0.25, -0.2) is 0 Å². The fourth-order valence-corrected chi connectivity index (χ4v) is 3.77. The number of hydrogen-bond acceptors (Lipinski definition) is 2. The molecule has 0 saturated heterocycles. The molecule has 0 aromatic rings. The Morgan fingerprint density at radius 3 is 1.85 bits per heavy atom. The van der Waals surface area contributed by atoms with E-state index in [4.69, 9.17) is 5.73 Å². The molecule has 3 nitrogen and oxygen atoms in total. The summed E-state index contributed by atoms with van der Waals surface area (Å²) in [6.45, 7) is 4.24. The first-order chi connectivity index (χ1) is 9.57. The van der Waals surface area contributed by atoms with Crippen molar-refractivity contribution in [2.24, 2.45) is 29.4 Å². The Morgan fingerprint density at radius 1 is 1.05 bits per heavy atom. The molecule has 0 bridgehead atoms. The third-order valence-electron chi connectivity index (χ3n) is 4.79. The molecule has 0 aromatic heterocycles. The summed E-state index contributed by atoms with van der Waals surface area (Å²) in [5.74, 6) is -0.131. The van der Waals surface area contributed by atoms with Crippen LogP contribution in [-0.2, 0) is 4.79 Å². The van der Waals surface area contributed by atoms with Gasteiger partial charge in [0.05, 0.1) is 6.07 Å². The number of hydrogen-bond donors (Lipinski definition) is 1. The van der Waals surface area contributed by atoms with Crippen molar-refractivity contribution < 1.29 is 4.79 Å². The number of carbonyl (C=O) groups excluding carboxylic acids is 1. The lowest BCUT2D eigenvalue weighted by Gasteiger charge is -2.33. The van der Waals surface area contributed by atoms with Crippen LogP contribution in [0.15, 0.2) is 0 Å². The smallest absolute Gasteiger partial charge is 0.235 e. The Balaban J connectivity index is 2.80. The summed E-state index contributed by atoms with van der Waals surface area (Å²) in [5, 5.41) is 9.32. The van der Waals surface area contributed by atoms with Crippen LogP contribution >= 0.6 is 0 Å². The zero-order valence-electron chi connectivity index (χ0n) is 13.1. The van der Waals surface area contributed by atoms with Crippen molar-refractivity contribution in [3.63, 3.8) is 0 Å². The number of rotatable bonds is 4. The normalized spacial score (nSPS) is 21.9. The molecule has 1 fully saturated rings. The first-order valence-electron chi connectivity index (χ1n) is 8.26. The van der Waals surface area contributed by atoms with Gasteiger partial charge in [0.25, 0.3) is 0 Å². The molecule has 1 amide bonds. The minimum Gasteiger partial charge on any atom is -0.369 e. The maximum atomic E-state index is 11.6. The van der Waals surface area contributed by atoms with Gasteiger partial charge >= 0.3 is 0 Å². The lowest BCUT2D eigenvalue weighted by atomic mass is 9.71. The standard InChI is InChI=1S/C17H30N2O/c1-13(2)16(15(12-18)17(19)20)14-10-8-6-4-3-5-7-9-11-14/h13-16H,3-11H2,1-2H3,(H2,19,20). The highest BCUT2D eigenvalue weighted by Gasteiger charge is 2.34. The van der Waals surface area contributed by atoms with Crippen LogP contribution in [0.5, 0.6) is 0 Å². The first kappa shape index (κ1) is 17.0. The summed E-state index contributed by atoms with van der Waals surface area (Å²) in [7, 11) is 0. The van der Waals surface area contributed by atoms with E-state index in [0.29, 0.717) is 11.8 Å². The summed E-state index contributed by atoms with van der Waals surface area (Å²) >= 11 is 0. The summed E-state index contributed by atoms with van der Waals surface area (Å²) in [6, 6.07) is 2.17. The molecule has 0 heterocycles. The molecule has 114 valence electrons. The number of primary amides is 1. The van der Waals surface area contributed by atoms with Gasteiger partial charge in [-0.2, -0.15) is 5.26 Å². The molecule has 0 aliphatic heterocycles. The molecule has 2 unspecified atom stereocenters. The molecule has 0 spiro atoms. The minimum atomic E-state index is -0.622. The van der Waals surface area contributed by atoms with E-state index in [1.54, 1.807) is 0 Å². The first-order valence-corrected chi connectivity index (χ1v) is 8.26. The van der Waals surface area contributed by atoms with Gasteiger partial charge in [-0.3, -0.25) is 4.79 Å². The number of nitrogens with two attached hydrogens (primary N) is 1. The highest BCUT2D eigenvalue weighted by molar-refractivity contribution is 5.79. The predicted molar refractivity (Wildman–Crippen MR) is 81.7 cm³/mol. The molecular weight excluding hydrogens is 248 g/mol. The zero-order chi connectivity index (χ0) is 15.0. The van der Waals surface area contributed by atoms with E-state index in [9.17, 15) is 10.1 Å². The lowest BCUT2D eigenvalue weighted by Crippen LogP contribution is -2.36. The second kappa shape index (κ2) is 9.00. The van der Waals surface area contributed by atoms with Crippen molar-refractivity contribution in [1.29, 1.82) is 5.26 Å². The van der Waals surface area contributed by atoms with E-state index in [0.717, 1.165) is 12.8 Å². The molecule has 1 saturated carbocycles. The van der Waals surface area contributed by atoms with Crippen LogP contribution in [0.1, 0.15) is 71.6 Å². The Morgan fingerprint density at radius 2 is 1.50 bits per heavy atom. The second-order valence-electron chi connectivity index (χ2n) is 6.64. The summed E-state index contributed by atoms with van der Waals surface area (Å²) < 4.78 is 0. The van der Waals surface area contributed by atoms with E-state index in [1.165, 1.54) is 44.9 Å². The lowest BCUT2D eigenvalue weighted by molar-refractivity contribution is -0.122. The number of nitrogens with zero attached hydrogens (tertiary/aromatic N) is 1. The maximum absolute atomic E-state index is 11.6. The molecule has 20 heavy (non-hydrogen) atoms. The van der Waals surface area contributed by atoms with Crippen LogP contribution in [0.25, 0.3) is 0 Å². The van der Waals surface area contributed by atoms with Crippen molar-refractivity contribution >= 4 is 5.91 Å². The Hall–Kier alpha value is -1.04. The van der Waals surface area contributed by atoms with E-state index < -0.39 is 11.8 Å². The van der Waals surface area contributed by atoms with Crippen molar-refractivity contribution in [3.8, 4) is 6.07 Å². The zero-order valence-corrected chi connectivity index (χ0v) is 13.1. The quantitative estimate of drug-likeness (QED) is 0.843. The van der Waals surface area contributed by atoms with Crippen LogP contribution in [0.3, 0.4) is 0 Å². The van der Waals surface area contributed by atoms with E-state index in [-0.39, 0.29) is 5.92 Å². The van der Waals surface area contributed by atoms with Crippen LogP contribution in [0, 0.1) is 35.0 Å². The molecule has 2 atom stereocenters. The van der Waals surface area contributed by atoms with Gasteiger partial charge in [0, 0.05) is 0 Å². The number of carbonyl (C=O) groups is 1. The Labute approximate surface area is 123 Å².